The molecule has 38 heavy (non-hydrogen) atoms. The lowest BCUT2D eigenvalue weighted by atomic mass is 9.91. The van der Waals surface area contributed by atoms with Crippen molar-refractivity contribution in [1.82, 2.24) is 4.98 Å². The zero-order chi connectivity index (χ0) is 27.9. The molecule has 2 N–H and O–H groups in total. The summed E-state index contributed by atoms with van der Waals surface area (Å²) in [6, 6.07) is 25.5. The van der Waals surface area contributed by atoms with Gasteiger partial charge in [-0.15, -0.1) is 0 Å². The number of aromatic nitrogens is 1. The number of benzene rings is 3. The van der Waals surface area contributed by atoms with Gasteiger partial charge < -0.3 is 14.8 Å². The van der Waals surface area contributed by atoms with Crippen molar-refractivity contribution in [1.29, 1.82) is 5.41 Å². The third-order valence-electron chi connectivity index (χ3n) is 5.23. The van der Waals surface area contributed by atoms with Crippen molar-refractivity contribution < 1.29 is 13.9 Å². The van der Waals surface area contributed by atoms with Crippen LogP contribution in [0.5, 0.6) is 11.8 Å². The summed E-state index contributed by atoms with van der Waals surface area (Å²) < 4.78 is 26.1. The van der Waals surface area contributed by atoms with E-state index in [0.29, 0.717) is 29.3 Å². The topological polar surface area (TPSA) is 67.2 Å². The Hall–Kier alpha value is -4.13. The van der Waals surface area contributed by atoms with Crippen LogP contribution in [0.25, 0.3) is 0 Å². The average Bonchev–Trinajstić information content (AvgIpc) is 2.99. The van der Waals surface area contributed by atoms with E-state index in [2.05, 4.69) is 10.3 Å². The van der Waals surface area contributed by atoms with Crippen molar-refractivity contribution >= 4 is 24.7 Å². The normalized spacial score (nSPS) is 9.74. The minimum absolute atomic E-state index is 0.00392. The highest BCUT2D eigenvalue weighted by molar-refractivity contribution is 6.33. The first-order valence-corrected chi connectivity index (χ1v) is 12.8. The maximum absolute atomic E-state index is 14.3. The number of hydrogen-bond donors (Lipinski definition) is 2. The fraction of sp³-hybridized carbons (Fsp3) is 0.226. The first-order valence-electron chi connectivity index (χ1n) is 12.8. The van der Waals surface area contributed by atoms with Gasteiger partial charge in [-0.1, -0.05) is 93.8 Å². The summed E-state index contributed by atoms with van der Waals surface area (Å²) in [5.74, 6) is -0.0132. The number of halogens is 1. The highest BCUT2D eigenvalue weighted by Gasteiger charge is 2.19. The van der Waals surface area contributed by atoms with Crippen LogP contribution in [0, 0.1) is 11.2 Å². The van der Waals surface area contributed by atoms with Crippen molar-refractivity contribution in [3.63, 3.8) is 0 Å². The molecule has 4 aromatic rings. The molecule has 2 radical (unpaired) electrons. The minimum Gasteiger partial charge on any atom is -0.473 e. The smallest absolute Gasteiger partial charge is 0.226 e. The number of nitrogens with one attached hydrogen (secondary N) is 2. The summed E-state index contributed by atoms with van der Waals surface area (Å²) in [5, 5.41) is 11.8. The largest absolute Gasteiger partial charge is 0.473 e. The van der Waals surface area contributed by atoms with Gasteiger partial charge in [-0.2, -0.15) is 4.98 Å². The van der Waals surface area contributed by atoms with Gasteiger partial charge in [-0.3, -0.25) is 5.41 Å². The molecule has 0 aliphatic rings. The summed E-state index contributed by atoms with van der Waals surface area (Å²) in [7, 11) is 7.40. The molecule has 196 valence electrons. The van der Waals surface area contributed by atoms with E-state index < -0.39 is 5.82 Å². The molecule has 0 saturated heterocycles. The van der Waals surface area contributed by atoms with Crippen LogP contribution in [0.4, 0.5) is 10.1 Å². The van der Waals surface area contributed by atoms with E-state index in [4.69, 9.17) is 22.7 Å². The van der Waals surface area contributed by atoms with Gasteiger partial charge in [0.15, 0.2) is 0 Å². The van der Waals surface area contributed by atoms with Gasteiger partial charge in [0.1, 0.15) is 26.9 Å². The highest BCUT2D eigenvalue weighted by atomic mass is 19.1. The molecule has 0 bridgehead atoms. The van der Waals surface area contributed by atoms with Crippen LogP contribution in [-0.2, 0) is 13.2 Å². The van der Waals surface area contributed by atoms with Gasteiger partial charge in [0, 0.05) is 24.4 Å². The number of anilines is 1. The van der Waals surface area contributed by atoms with Crippen LogP contribution in [-0.4, -0.2) is 25.6 Å². The summed E-state index contributed by atoms with van der Waals surface area (Å²) in [6.45, 7) is 8.60. The van der Waals surface area contributed by atoms with Gasteiger partial charge in [0.05, 0.1) is 11.3 Å². The molecule has 1 heterocycles. The highest BCUT2D eigenvalue weighted by Crippen LogP contribution is 2.27. The molecule has 7 heteroatoms. The van der Waals surface area contributed by atoms with Crippen LogP contribution in [0.2, 0.25) is 0 Å². The molecule has 0 amide bonds. The standard InChI is InChI=1S/C27H23BFN3O2.2C2H6/c1-31-24-15-22(28)23(29)14-21(24)26(30)20-12-13-25(33-16-18-8-4-2-5-9-18)32-27(20)34-17-19-10-6-3-7-11-19;2*1-2/h2-15,30-31H,16-17H2,1H3;2*1-2H3. The Bertz CT molecular complexity index is 1290. The van der Waals surface area contributed by atoms with Crippen molar-refractivity contribution in [3.8, 4) is 11.8 Å². The zero-order valence-electron chi connectivity index (χ0n) is 22.7. The fourth-order valence-corrected chi connectivity index (χ4v) is 3.41. The first-order chi connectivity index (χ1) is 18.5. The molecule has 0 aliphatic carbocycles. The molecule has 1 aromatic heterocycles. The Kier molecular flexibility index (Phi) is 12.6. The maximum Gasteiger partial charge on any atom is 0.226 e. The summed E-state index contributed by atoms with van der Waals surface area (Å²) in [4.78, 5) is 4.52. The molecule has 0 fully saturated rings. The second kappa shape index (κ2) is 15.9. The van der Waals surface area contributed by atoms with Crippen LogP contribution in [0.3, 0.4) is 0 Å². The molecule has 0 unspecified atom stereocenters. The predicted octanol–water partition coefficient (Wildman–Crippen LogP) is 6.68. The van der Waals surface area contributed by atoms with Crippen molar-refractivity contribution in [3.05, 3.63) is 113 Å². The second-order valence-electron chi connectivity index (χ2n) is 7.60. The minimum atomic E-state index is -0.596. The van der Waals surface area contributed by atoms with E-state index in [1.54, 1.807) is 19.2 Å². The van der Waals surface area contributed by atoms with E-state index in [0.717, 1.165) is 11.1 Å². The van der Waals surface area contributed by atoms with Gasteiger partial charge in [0.25, 0.3) is 0 Å². The Balaban J connectivity index is 0.00000121. The van der Waals surface area contributed by atoms with E-state index in [1.165, 1.54) is 12.1 Å². The van der Waals surface area contributed by atoms with Gasteiger partial charge in [0.2, 0.25) is 11.8 Å². The zero-order valence-corrected chi connectivity index (χ0v) is 22.7. The molecule has 0 saturated carbocycles. The number of rotatable bonds is 9. The Morgan fingerprint density at radius 3 is 1.92 bits per heavy atom. The SMILES string of the molecule is CC.CC.[B]c1cc(NC)c(C(=N)c2ccc(OCc3ccccc3)nc2OCc2ccccc2)cc1F. The van der Waals surface area contributed by atoms with Crippen molar-refractivity contribution in [2.24, 2.45) is 0 Å². The Labute approximate surface area is 227 Å². The van der Waals surface area contributed by atoms with Crippen LogP contribution in [0.1, 0.15) is 49.9 Å². The van der Waals surface area contributed by atoms with E-state index in [-0.39, 0.29) is 23.7 Å². The molecule has 0 atom stereocenters. The average molecular weight is 511 g/mol. The van der Waals surface area contributed by atoms with E-state index in [9.17, 15) is 4.39 Å². The van der Waals surface area contributed by atoms with Gasteiger partial charge in [-0.05, 0) is 29.3 Å². The Morgan fingerprint density at radius 2 is 1.37 bits per heavy atom. The van der Waals surface area contributed by atoms with E-state index >= 15 is 0 Å². The van der Waals surface area contributed by atoms with Crippen LogP contribution < -0.4 is 20.3 Å². The van der Waals surface area contributed by atoms with Crippen LogP contribution >= 0.6 is 0 Å². The summed E-state index contributed by atoms with van der Waals surface area (Å²) >= 11 is 0. The number of nitrogens with zero attached hydrogens (tertiary/aromatic N) is 1. The maximum atomic E-state index is 14.3. The lowest BCUT2D eigenvalue weighted by Crippen LogP contribution is -2.16. The molecule has 0 spiro atoms. The van der Waals surface area contributed by atoms with E-state index in [1.807, 2.05) is 88.4 Å². The third kappa shape index (κ3) is 8.20. The predicted molar refractivity (Wildman–Crippen MR) is 156 cm³/mol. The lowest BCUT2D eigenvalue weighted by molar-refractivity contribution is 0.267. The lowest BCUT2D eigenvalue weighted by Gasteiger charge is -2.16. The van der Waals surface area contributed by atoms with Crippen molar-refractivity contribution in [2.45, 2.75) is 40.9 Å². The summed E-state index contributed by atoms with van der Waals surface area (Å²) in [6.07, 6.45) is 0. The quantitative estimate of drug-likeness (QED) is 0.194. The van der Waals surface area contributed by atoms with Gasteiger partial charge >= 0.3 is 0 Å². The monoisotopic (exact) mass is 511 g/mol. The molecule has 4 rings (SSSR count). The Morgan fingerprint density at radius 1 is 0.816 bits per heavy atom. The van der Waals surface area contributed by atoms with Crippen LogP contribution in [0.15, 0.2) is 84.9 Å². The first kappa shape index (κ1) is 30.1. The third-order valence-corrected chi connectivity index (χ3v) is 5.23. The molecule has 5 nitrogen and oxygen atoms in total. The second-order valence-corrected chi connectivity index (χ2v) is 7.60. The molecular weight excluding hydrogens is 476 g/mol. The molecular formula is C31H35BFN3O2. The number of ether oxygens (including phenoxy) is 2. The molecule has 3 aromatic carbocycles. The van der Waals surface area contributed by atoms with Crippen molar-refractivity contribution in [2.75, 3.05) is 12.4 Å². The fourth-order valence-electron chi connectivity index (χ4n) is 3.41. The molecule has 0 aliphatic heterocycles. The summed E-state index contributed by atoms with van der Waals surface area (Å²) in [5.41, 5.74) is 3.29. The number of pyridine rings is 1. The number of hydrogen-bond acceptors (Lipinski definition) is 5. The van der Waals surface area contributed by atoms with Gasteiger partial charge in [-0.25, -0.2) is 4.39 Å².